The van der Waals surface area contributed by atoms with Crippen molar-refractivity contribution in [1.82, 2.24) is 9.97 Å². The molecule has 0 saturated carbocycles. The molecule has 104 valence electrons. The van der Waals surface area contributed by atoms with Gasteiger partial charge in [-0.15, -0.1) is 0 Å². The first-order chi connectivity index (χ1) is 9.70. The number of hydrogen-bond acceptors (Lipinski definition) is 5. The summed E-state index contributed by atoms with van der Waals surface area (Å²) in [7, 11) is 0. The maximum absolute atomic E-state index is 10.8. The minimum Gasteiger partial charge on any atom is -0.490 e. The van der Waals surface area contributed by atoms with Crippen molar-refractivity contribution >= 4 is 5.97 Å². The van der Waals surface area contributed by atoms with Gasteiger partial charge in [0.1, 0.15) is 0 Å². The largest absolute Gasteiger partial charge is 0.490 e. The van der Waals surface area contributed by atoms with Gasteiger partial charge in [0.25, 0.3) is 0 Å². The van der Waals surface area contributed by atoms with Crippen LogP contribution in [0.2, 0.25) is 0 Å². The number of aromatic carboxylic acids is 1. The van der Waals surface area contributed by atoms with Gasteiger partial charge in [0.2, 0.25) is 5.88 Å². The molecule has 0 aliphatic carbocycles. The number of nitrogens with zero attached hydrogens (tertiary/aromatic N) is 2. The molecular formula is C14H14N2O4. The summed E-state index contributed by atoms with van der Waals surface area (Å²) >= 11 is 0. The van der Waals surface area contributed by atoms with E-state index in [1.54, 1.807) is 18.2 Å². The number of carbonyl (C=O) groups is 1. The SMILES string of the molecule is CCCOc1ccccc1Oc1cncc(C(=O)O)n1. The van der Waals surface area contributed by atoms with Crippen LogP contribution in [0.3, 0.4) is 0 Å². The molecule has 1 heterocycles. The standard InChI is InChI=1S/C14H14N2O4/c1-2-7-19-11-5-3-4-6-12(11)20-13-9-15-8-10(16-13)14(17)18/h3-6,8-9H,2,7H2,1H3,(H,17,18). The Kier molecular flexibility index (Phi) is 4.49. The number of aromatic nitrogens is 2. The van der Waals surface area contributed by atoms with Crippen LogP contribution < -0.4 is 9.47 Å². The van der Waals surface area contributed by atoms with Crippen LogP contribution in [0, 0.1) is 0 Å². The quantitative estimate of drug-likeness (QED) is 0.872. The van der Waals surface area contributed by atoms with Crippen molar-refractivity contribution in [3.63, 3.8) is 0 Å². The molecular weight excluding hydrogens is 260 g/mol. The highest BCUT2D eigenvalue weighted by Crippen LogP contribution is 2.30. The lowest BCUT2D eigenvalue weighted by Gasteiger charge is -2.11. The first-order valence-corrected chi connectivity index (χ1v) is 6.15. The normalized spacial score (nSPS) is 10.1. The van der Waals surface area contributed by atoms with E-state index in [0.717, 1.165) is 12.6 Å². The lowest BCUT2D eigenvalue weighted by molar-refractivity contribution is 0.0689. The molecule has 2 rings (SSSR count). The fourth-order valence-electron chi connectivity index (χ4n) is 1.48. The Balaban J connectivity index is 2.21. The summed E-state index contributed by atoms with van der Waals surface area (Å²) in [6.45, 7) is 2.58. The lowest BCUT2D eigenvalue weighted by atomic mass is 10.3. The Morgan fingerprint density at radius 2 is 2.00 bits per heavy atom. The average Bonchev–Trinajstić information content (AvgIpc) is 2.46. The third-order valence-electron chi connectivity index (χ3n) is 2.36. The highest BCUT2D eigenvalue weighted by molar-refractivity contribution is 5.84. The van der Waals surface area contributed by atoms with E-state index < -0.39 is 5.97 Å². The summed E-state index contributed by atoms with van der Waals surface area (Å²) < 4.78 is 11.1. The van der Waals surface area contributed by atoms with Crippen molar-refractivity contribution in [2.24, 2.45) is 0 Å². The summed E-state index contributed by atoms with van der Waals surface area (Å²) in [5.74, 6) is 0.00517. The molecule has 6 nitrogen and oxygen atoms in total. The maximum atomic E-state index is 10.8. The second-order valence-corrected chi connectivity index (χ2v) is 3.94. The number of ether oxygens (including phenoxy) is 2. The van der Waals surface area contributed by atoms with Crippen LogP contribution in [0.25, 0.3) is 0 Å². The zero-order chi connectivity index (χ0) is 14.4. The van der Waals surface area contributed by atoms with Gasteiger partial charge >= 0.3 is 5.97 Å². The molecule has 0 unspecified atom stereocenters. The van der Waals surface area contributed by atoms with Gasteiger partial charge in [0, 0.05) is 0 Å². The van der Waals surface area contributed by atoms with Crippen LogP contribution in [0.5, 0.6) is 17.4 Å². The van der Waals surface area contributed by atoms with Gasteiger partial charge in [0.05, 0.1) is 19.0 Å². The summed E-state index contributed by atoms with van der Waals surface area (Å²) in [6.07, 6.45) is 3.39. The van der Waals surface area contributed by atoms with E-state index in [1.807, 2.05) is 13.0 Å². The number of carboxylic acids is 1. The third kappa shape index (κ3) is 3.44. The molecule has 0 fully saturated rings. The van der Waals surface area contributed by atoms with Gasteiger partial charge in [-0.2, -0.15) is 0 Å². The maximum Gasteiger partial charge on any atom is 0.356 e. The zero-order valence-corrected chi connectivity index (χ0v) is 10.9. The minimum atomic E-state index is -1.15. The Bertz CT molecular complexity index is 601. The third-order valence-corrected chi connectivity index (χ3v) is 2.36. The molecule has 1 aromatic carbocycles. The Morgan fingerprint density at radius 1 is 1.25 bits per heavy atom. The molecule has 0 amide bonds. The van der Waals surface area contributed by atoms with Crippen LogP contribution in [0.1, 0.15) is 23.8 Å². The Hall–Kier alpha value is -2.63. The first-order valence-electron chi connectivity index (χ1n) is 6.15. The molecule has 1 aromatic heterocycles. The Labute approximate surface area is 116 Å². The fourth-order valence-corrected chi connectivity index (χ4v) is 1.48. The molecule has 0 saturated heterocycles. The fraction of sp³-hybridized carbons (Fsp3) is 0.214. The summed E-state index contributed by atoms with van der Waals surface area (Å²) in [4.78, 5) is 18.5. The van der Waals surface area contributed by atoms with Gasteiger partial charge in [0.15, 0.2) is 17.2 Å². The van der Waals surface area contributed by atoms with E-state index in [1.165, 1.54) is 6.20 Å². The van der Waals surface area contributed by atoms with Crippen molar-refractivity contribution < 1.29 is 19.4 Å². The topological polar surface area (TPSA) is 81.5 Å². The van der Waals surface area contributed by atoms with Crippen LogP contribution in [-0.2, 0) is 0 Å². The molecule has 6 heteroatoms. The predicted molar refractivity (Wildman–Crippen MR) is 71.3 cm³/mol. The van der Waals surface area contributed by atoms with E-state index in [2.05, 4.69) is 9.97 Å². The molecule has 0 bridgehead atoms. The number of benzene rings is 1. The average molecular weight is 274 g/mol. The lowest BCUT2D eigenvalue weighted by Crippen LogP contribution is -2.03. The second-order valence-electron chi connectivity index (χ2n) is 3.94. The molecule has 1 N–H and O–H groups in total. The van der Waals surface area contributed by atoms with Crippen LogP contribution >= 0.6 is 0 Å². The van der Waals surface area contributed by atoms with Crippen LogP contribution in [-0.4, -0.2) is 27.7 Å². The van der Waals surface area contributed by atoms with Crippen molar-refractivity contribution in [3.05, 3.63) is 42.4 Å². The highest BCUT2D eigenvalue weighted by atomic mass is 16.5. The molecule has 0 spiro atoms. The molecule has 2 aromatic rings. The van der Waals surface area contributed by atoms with Crippen molar-refractivity contribution in [3.8, 4) is 17.4 Å². The van der Waals surface area contributed by atoms with E-state index in [4.69, 9.17) is 14.6 Å². The first kappa shape index (κ1) is 13.8. The minimum absolute atomic E-state index is 0.109. The van der Waals surface area contributed by atoms with Crippen molar-refractivity contribution in [2.45, 2.75) is 13.3 Å². The van der Waals surface area contributed by atoms with Gasteiger partial charge in [-0.05, 0) is 18.6 Å². The molecule has 0 aliphatic rings. The smallest absolute Gasteiger partial charge is 0.356 e. The summed E-state index contributed by atoms with van der Waals surface area (Å²) in [5, 5.41) is 8.86. The molecule has 0 atom stereocenters. The van der Waals surface area contributed by atoms with Crippen molar-refractivity contribution in [2.75, 3.05) is 6.61 Å². The van der Waals surface area contributed by atoms with Gasteiger partial charge < -0.3 is 14.6 Å². The van der Waals surface area contributed by atoms with E-state index in [0.29, 0.717) is 18.1 Å². The molecule has 0 aliphatic heterocycles. The van der Waals surface area contributed by atoms with E-state index >= 15 is 0 Å². The summed E-state index contributed by atoms with van der Waals surface area (Å²) in [5.41, 5.74) is -0.172. The predicted octanol–water partition coefficient (Wildman–Crippen LogP) is 2.76. The monoisotopic (exact) mass is 274 g/mol. The van der Waals surface area contributed by atoms with E-state index in [9.17, 15) is 4.79 Å². The van der Waals surface area contributed by atoms with Crippen LogP contribution in [0.15, 0.2) is 36.7 Å². The zero-order valence-electron chi connectivity index (χ0n) is 10.9. The van der Waals surface area contributed by atoms with Crippen molar-refractivity contribution in [1.29, 1.82) is 0 Å². The number of carboxylic acid groups (broad SMARTS) is 1. The molecule has 0 radical (unpaired) electrons. The number of hydrogen-bond donors (Lipinski definition) is 1. The second kappa shape index (κ2) is 6.51. The Morgan fingerprint density at radius 3 is 2.70 bits per heavy atom. The van der Waals surface area contributed by atoms with Gasteiger partial charge in [-0.1, -0.05) is 19.1 Å². The number of rotatable bonds is 6. The highest BCUT2D eigenvalue weighted by Gasteiger charge is 2.10. The van der Waals surface area contributed by atoms with Crippen LogP contribution in [0.4, 0.5) is 0 Å². The molecule has 20 heavy (non-hydrogen) atoms. The number of para-hydroxylation sites is 2. The summed E-state index contributed by atoms with van der Waals surface area (Å²) in [6, 6.07) is 7.12. The van der Waals surface area contributed by atoms with Gasteiger partial charge in [-0.25, -0.2) is 9.78 Å². The van der Waals surface area contributed by atoms with Gasteiger partial charge in [-0.3, -0.25) is 4.98 Å². The van der Waals surface area contributed by atoms with E-state index in [-0.39, 0.29) is 11.6 Å².